The van der Waals surface area contributed by atoms with E-state index in [0.29, 0.717) is 24.5 Å². The Morgan fingerprint density at radius 1 is 1.15 bits per heavy atom. The maximum absolute atomic E-state index is 12.8. The number of rotatable bonds is 7. The molecular formula is C18H31IN4O2S. The monoisotopic (exact) mass is 494 g/mol. The summed E-state index contributed by atoms with van der Waals surface area (Å²) in [5.74, 6) is 0.758. The molecule has 6 nitrogen and oxygen atoms in total. The fraction of sp³-hybridized carbons (Fsp3) is 0.611. The van der Waals surface area contributed by atoms with Gasteiger partial charge >= 0.3 is 0 Å². The third kappa shape index (κ3) is 6.70. The summed E-state index contributed by atoms with van der Waals surface area (Å²) in [6.07, 6.45) is 4.02. The molecule has 1 heterocycles. The van der Waals surface area contributed by atoms with Gasteiger partial charge in [0.2, 0.25) is 10.0 Å². The van der Waals surface area contributed by atoms with Crippen LogP contribution in [0.5, 0.6) is 0 Å². The first-order valence-electron chi connectivity index (χ1n) is 9.19. The molecular weight excluding hydrogens is 463 g/mol. The number of nitrogens with zero attached hydrogens (tertiary/aromatic N) is 2. The molecule has 0 unspecified atom stereocenters. The van der Waals surface area contributed by atoms with Crippen LogP contribution in [0.1, 0.15) is 45.1 Å². The molecule has 148 valence electrons. The van der Waals surface area contributed by atoms with Crippen LogP contribution in [0.3, 0.4) is 0 Å². The highest BCUT2D eigenvalue weighted by atomic mass is 127. The van der Waals surface area contributed by atoms with Crippen LogP contribution in [-0.2, 0) is 16.6 Å². The van der Waals surface area contributed by atoms with Crippen molar-refractivity contribution in [3.05, 3.63) is 29.8 Å². The van der Waals surface area contributed by atoms with Gasteiger partial charge in [0.25, 0.3) is 0 Å². The molecule has 0 aromatic heterocycles. The van der Waals surface area contributed by atoms with Gasteiger partial charge in [0.1, 0.15) is 0 Å². The average Bonchev–Trinajstić information content (AvgIpc) is 2.65. The summed E-state index contributed by atoms with van der Waals surface area (Å²) in [5.41, 5.74) is 0.895. The molecule has 26 heavy (non-hydrogen) atoms. The first kappa shape index (κ1) is 23.2. The summed E-state index contributed by atoms with van der Waals surface area (Å²) in [6, 6.07) is 7.14. The lowest BCUT2D eigenvalue weighted by molar-refractivity contribution is 0.346. The van der Waals surface area contributed by atoms with Gasteiger partial charge in [0.05, 0.1) is 11.4 Å². The largest absolute Gasteiger partial charge is 0.357 e. The molecule has 1 aliphatic heterocycles. The minimum Gasteiger partial charge on any atom is -0.357 e. The Bertz CT molecular complexity index is 674. The number of hydrogen-bond acceptors (Lipinski definition) is 3. The lowest BCUT2D eigenvalue weighted by atomic mass is 10.2. The standard InChI is InChI=1S/C18H30N4O2S.HI/c1-3-11-20-18(19-4-2)21-15-16-9-8-10-17(14-16)25(23,24)22-12-6-5-7-13-22;/h8-10,14H,3-7,11-13,15H2,1-2H3,(H2,19,20,21);1H. The number of benzene rings is 1. The first-order valence-corrected chi connectivity index (χ1v) is 10.6. The Morgan fingerprint density at radius 3 is 2.54 bits per heavy atom. The number of sulfonamides is 1. The van der Waals surface area contributed by atoms with Gasteiger partial charge in [-0.2, -0.15) is 4.31 Å². The van der Waals surface area contributed by atoms with E-state index in [0.717, 1.165) is 50.3 Å². The second-order valence-corrected chi connectivity index (χ2v) is 8.17. The zero-order valence-electron chi connectivity index (χ0n) is 15.7. The lowest BCUT2D eigenvalue weighted by Gasteiger charge is -2.26. The van der Waals surface area contributed by atoms with Crippen LogP contribution in [0, 0.1) is 0 Å². The van der Waals surface area contributed by atoms with Crippen LogP contribution in [0.25, 0.3) is 0 Å². The molecule has 8 heteroatoms. The molecule has 0 radical (unpaired) electrons. The van der Waals surface area contributed by atoms with Gasteiger partial charge in [0.15, 0.2) is 5.96 Å². The highest BCUT2D eigenvalue weighted by molar-refractivity contribution is 14.0. The molecule has 1 saturated heterocycles. The van der Waals surface area contributed by atoms with Crippen molar-refractivity contribution in [1.82, 2.24) is 14.9 Å². The van der Waals surface area contributed by atoms with E-state index >= 15 is 0 Å². The highest BCUT2D eigenvalue weighted by Crippen LogP contribution is 2.21. The van der Waals surface area contributed by atoms with Gasteiger partial charge in [-0.1, -0.05) is 25.5 Å². The molecule has 0 atom stereocenters. The number of piperidine rings is 1. The molecule has 2 rings (SSSR count). The molecule has 1 fully saturated rings. The highest BCUT2D eigenvalue weighted by Gasteiger charge is 2.25. The summed E-state index contributed by atoms with van der Waals surface area (Å²) in [5, 5.41) is 6.45. The number of aliphatic imine (C=N–C) groups is 1. The van der Waals surface area contributed by atoms with Gasteiger partial charge in [-0.05, 0) is 43.9 Å². The van der Waals surface area contributed by atoms with Crippen molar-refractivity contribution in [3.63, 3.8) is 0 Å². The van der Waals surface area contributed by atoms with Crippen LogP contribution in [0.15, 0.2) is 34.2 Å². The Morgan fingerprint density at radius 2 is 1.88 bits per heavy atom. The number of nitrogens with one attached hydrogen (secondary N) is 2. The molecule has 0 bridgehead atoms. The summed E-state index contributed by atoms with van der Waals surface area (Å²) in [4.78, 5) is 4.91. The average molecular weight is 494 g/mol. The Hall–Kier alpha value is -0.870. The molecule has 1 aromatic rings. The van der Waals surface area contributed by atoms with Crippen LogP contribution in [0.2, 0.25) is 0 Å². The normalized spacial score (nSPS) is 16.0. The number of guanidine groups is 1. The van der Waals surface area contributed by atoms with Crippen molar-refractivity contribution >= 4 is 40.0 Å². The summed E-state index contributed by atoms with van der Waals surface area (Å²) in [7, 11) is -3.39. The fourth-order valence-electron chi connectivity index (χ4n) is 2.81. The van der Waals surface area contributed by atoms with E-state index in [1.165, 1.54) is 0 Å². The maximum Gasteiger partial charge on any atom is 0.243 e. The Kier molecular flexibility index (Phi) is 10.5. The van der Waals surface area contributed by atoms with Crippen molar-refractivity contribution in [2.24, 2.45) is 4.99 Å². The van der Waals surface area contributed by atoms with E-state index in [2.05, 4.69) is 22.5 Å². The molecule has 0 saturated carbocycles. The van der Waals surface area contributed by atoms with Crippen LogP contribution in [0.4, 0.5) is 0 Å². The van der Waals surface area contributed by atoms with Crippen LogP contribution in [-0.4, -0.2) is 44.9 Å². The third-order valence-electron chi connectivity index (χ3n) is 4.16. The second kappa shape index (κ2) is 11.8. The number of hydrogen-bond donors (Lipinski definition) is 2. The fourth-order valence-corrected chi connectivity index (χ4v) is 4.40. The zero-order valence-corrected chi connectivity index (χ0v) is 18.8. The van der Waals surface area contributed by atoms with Crippen molar-refractivity contribution in [3.8, 4) is 0 Å². The lowest BCUT2D eigenvalue weighted by Crippen LogP contribution is -2.37. The smallest absolute Gasteiger partial charge is 0.243 e. The second-order valence-electron chi connectivity index (χ2n) is 6.23. The zero-order chi connectivity index (χ0) is 18.1. The molecule has 1 aromatic carbocycles. The van der Waals surface area contributed by atoms with E-state index in [4.69, 9.17) is 0 Å². The quantitative estimate of drug-likeness (QED) is 0.348. The summed E-state index contributed by atoms with van der Waals surface area (Å²) in [6.45, 7) is 7.46. The Labute approximate surface area is 174 Å². The summed E-state index contributed by atoms with van der Waals surface area (Å²) >= 11 is 0. The SMILES string of the molecule is CCCNC(=NCc1cccc(S(=O)(=O)N2CCCCC2)c1)NCC.I. The minimum atomic E-state index is -3.39. The van der Waals surface area contributed by atoms with Crippen molar-refractivity contribution < 1.29 is 8.42 Å². The molecule has 2 N–H and O–H groups in total. The van der Waals surface area contributed by atoms with Gasteiger partial charge < -0.3 is 10.6 Å². The molecule has 1 aliphatic rings. The predicted octanol–water partition coefficient (Wildman–Crippen LogP) is 2.94. The van der Waals surface area contributed by atoms with Crippen molar-refractivity contribution in [2.75, 3.05) is 26.2 Å². The minimum absolute atomic E-state index is 0. The van der Waals surface area contributed by atoms with Gasteiger partial charge in [0, 0.05) is 26.2 Å². The van der Waals surface area contributed by atoms with E-state index in [9.17, 15) is 8.42 Å². The van der Waals surface area contributed by atoms with E-state index in [1.807, 2.05) is 13.0 Å². The molecule has 0 aliphatic carbocycles. The first-order chi connectivity index (χ1) is 12.1. The number of halogens is 1. The van der Waals surface area contributed by atoms with E-state index in [-0.39, 0.29) is 24.0 Å². The van der Waals surface area contributed by atoms with Crippen LogP contribution >= 0.6 is 24.0 Å². The predicted molar refractivity (Wildman–Crippen MR) is 118 cm³/mol. The summed E-state index contributed by atoms with van der Waals surface area (Å²) < 4.78 is 27.2. The Balaban J connectivity index is 0.00000338. The topological polar surface area (TPSA) is 73.8 Å². The van der Waals surface area contributed by atoms with E-state index < -0.39 is 10.0 Å². The third-order valence-corrected chi connectivity index (χ3v) is 6.05. The van der Waals surface area contributed by atoms with Crippen molar-refractivity contribution in [2.45, 2.75) is 51.0 Å². The molecule has 0 amide bonds. The maximum atomic E-state index is 12.8. The van der Waals surface area contributed by atoms with Gasteiger partial charge in [-0.15, -0.1) is 24.0 Å². The van der Waals surface area contributed by atoms with Gasteiger partial charge in [-0.3, -0.25) is 0 Å². The molecule has 0 spiro atoms. The van der Waals surface area contributed by atoms with Crippen LogP contribution < -0.4 is 10.6 Å². The van der Waals surface area contributed by atoms with Crippen molar-refractivity contribution in [1.29, 1.82) is 0 Å². The van der Waals surface area contributed by atoms with E-state index in [1.54, 1.807) is 22.5 Å². The van der Waals surface area contributed by atoms with Gasteiger partial charge in [-0.25, -0.2) is 13.4 Å².